The molecule has 2 rings (SSSR count). The average molecular weight is 405 g/mol. The Kier molecular flexibility index (Phi) is 5.56. The van der Waals surface area contributed by atoms with Crippen molar-refractivity contribution in [2.75, 3.05) is 19.6 Å². The Bertz CT molecular complexity index is 529. The van der Waals surface area contributed by atoms with E-state index in [-0.39, 0.29) is 11.7 Å². The number of carbonyl (C=O) groups excluding carboxylic acids is 1. The fourth-order valence-corrected chi connectivity index (χ4v) is 2.80. The van der Waals surface area contributed by atoms with Crippen molar-refractivity contribution in [3.05, 3.63) is 26.6 Å². The van der Waals surface area contributed by atoms with Crippen LogP contribution in [0.15, 0.2) is 26.2 Å². The summed E-state index contributed by atoms with van der Waals surface area (Å²) in [5.74, 6) is -0.0642. The highest BCUT2D eigenvalue weighted by atomic mass is 79.9. The number of nitrogens with zero attached hydrogens (tertiary/aromatic N) is 2. The molecule has 1 aromatic carbocycles. The summed E-state index contributed by atoms with van der Waals surface area (Å²) in [6.45, 7) is 2.30. The van der Waals surface area contributed by atoms with Crippen molar-refractivity contribution < 1.29 is 9.90 Å². The Morgan fingerprint density at radius 2 is 2.00 bits per heavy atom. The third-order valence-corrected chi connectivity index (χ3v) is 4.39. The Morgan fingerprint density at radius 3 is 2.70 bits per heavy atom. The summed E-state index contributed by atoms with van der Waals surface area (Å²) >= 11 is 6.56. The topological polar surface area (TPSA) is 64.9 Å². The zero-order chi connectivity index (χ0) is 14.5. The van der Waals surface area contributed by atoms with Gasteiger partial charge in [-0.05, 0) is 69.9 Å². The van der Waals surface area contributed by atoms with Crippen LogP contribution in [0.3, 0.4) is 0 Å². The van der Waals surface area contributed by atoms with Gasteiger partial charge in [0.1, 0.15) is 5.75 Å². The summed E-state index contributed by atoms with van der Waals surface area (Å²) in [5, 5.41) is 13.8. The maximum Gasteiger partial charge on any atom is 0.254 e. The monoisotopic (exact) mass is 403 g/mol. The Morgan fingerprint density at radius 1 is 1.35 bits per heavy atom. The van der Waals surface area contributed by atoms with Crippen molar-refractivity contribution in [2.45, 2.75) is 12.8 Å². The van der Waals surface area contributed by atoms with Gasteiger partial charge < -0.3 is 5.11 Å². The van der Waals surface area contributed by atoms with E-state index in [2.05, 4.69) is 47.3 Å². The van der Waals surface area contributed by atoms with Crippen LogP contribution in [-0.2, 0) is 4.79 Å². The molecular formula is C13H15Br2N3O2. The number of hydrogen-bond acceptors (Lipinski definition) is 4. The minimum Gasteiger partial charge on any atom is -0.506 e. The highest BCUT2D eigenvalue weighted by Gasteiger charge is 2.14. The molecule has 1 heterocycles. The fourth-order valence-electron chi connectivity index (χ4n) is 2.03. The Balaban J connectivity index is 1.93. The predicted molar refractivity (Wildman–Crippen MR) is 84.9 cm³/mol. The number of phenols is 1. The summed E-state index contributed by atoms with van der Waals surface area (Å²) in [7, 11) is 0. The number of rotatable bonds is 4. The van der Waals surface area contributed by atoms with E-state index in [4.69, 9.17) is 0 Å². The van der Waals surface area contributed by atoms with Gasteiger partial charge in [0.2, 0.25) is 0 Å². The molecule has 108 valence electrons. The molecule has 5 nitrogen and oxygen atoms in total. The van der Waals surface area contributed by atoms with Gasteiger partial charge in [-0.25, -0.2) is 5.43 Å². The third-order valence-electron chi connectivity index (χ3n) is 3.06. The molecule has 0 radical (unpaired) electrons. The standard InChI is InChI=1S/C13H15Br2N3O2/c14-10-3-4-11(15)13(20)9(10)7-16-17-12(19)8-18-5-1-2-6-18/h3-4,7,20H,1-2,5-6,8H2,(H,17,19)/b16-7+. The van der Waals surface area contributed by atoms with Gasteiger partial charge in [0, 0.05) is 4.47 Å². The summed E-state index contributed by atoms with van der Waals surface area (Å²) in [4.78, 5) is 13.8. The Hall–Kier alpha value is -0.920. The summed E-state index contributed by atoms with van der Waals surface area (Å²) in [5.41, 5.74) is 2.99. The SMILES string of the molecule is O=C(CN1CCCC1)N/N=C/c1c(Br)ccc(Br)c1O. The molecule has 0 atom stereocenters. The van der Waals surface area contributed by atoms with Crippen LogP contribution in [0.25, 0.3) is 0 Å². The molecule has 1 aliphatic rings. The molecule has 1 aromatic rings. The van der Waals surface area contributed by atoms with Gasteiger partial charge >= 0.3 is 0 Å². The molecular weight excluding hydrogens is 390 g/mol. The molecule has 20 heavy (non-hydrogen) atoms. The van der Waals surface area contributed by atoms with E-state index in [9.17, 15) is 9.90 Å². The van der Waals surface area contributed by atoms with E-state index in [0.29, 0.717) is 21.1 Å². The van der Waals surface area contributed by atoms with Crippen LogP contribution in [0.4, 0.5) is 0 Å². The van der Waals surface area contributed by atoms with E-state index in [0.717, 1.165) is 25.9 Å². The van der Waals surface area contributed by atoms with Crippen LogP contribution in [0.2, 0.25) is 0 Å². The lowest BCUT2D eigenvalue weighted by atomic mass is 10.2. The molecule has 7 heteroatoms. The van der Waals surface area contributed by atoms with Crippen LogP contribution in [0, 0.1) is 0 Å². The first-order valence-corrected chi connectivity index (χ1v) is 7.88. The normalized spacial score (nSPS) is 15.9. The summed E-state index contributed by atoms with van der Waals surface area (Å²) in [6.07, 6.45) is 3.72. The van der Waals surface area contributed by atoms with E-state index >= 15 is 0 Å². The molecule has 0 unspecified atom stereocenters. The maximum atomic E-state index is 11.7. The van der Waals surface area contributed by atoms with Gasteiger partial charge in [-0.3, -0.25) is 9.69 Å². The highest BCUT2D eigenvalue weighted by molar-refractivity contribution is 9.11. The summed E-state index contributed by atoms with van der Waals surface area (Å²) < 4.78 is 1.28. The second-order valence-corrected chi connectivity index (χ2v) is 6.28. The van der Waals surface area contributed by atoms with Crippen molar-refractivity contribution in [1.29, 1.82) is 0 Å². The number of aromatic hydroxyl groups is 1. The largest absolute Gasteiger partial charge is 0.506 e. The van der Waals surface area contributed by atoms with E-state index in [1.807, 2.05) is 0 Å². The molecule has 1 aliphatic heterocycles. The molecule has 0 saturated carbocycles. The molecule has 2 N–H and O–H groups in total. The number of likely N-dealkylation sites (tertiary alicyclic amines) is 1. The number of halogens is 2. The van der Waals surface area contributed by atoms with Crippen molar-refractivity contribution in [1.82, 2.24) is 10.3 Å². The van der Waals surface area contributed by atoms with Crippen molar-refractivity contribution in [3.63, 3.8) is 0 Å². The minimum atomic E-state index is -0.145. The number of phenolic OH excluding ortho intramolecular Hbond substituents is 1. The van der Waals surface area contributed by atoms with Gasteiger partial charge in [-0.2, -0.15) is 5.10 Å². The number of hydrogen-bond donors (Lipinski definition) is 2. The van der Waals surface area contributed by atoms with E-state index < -0.39 is 0 Å². The zero-order valence-corrected chi connectivity index (χ0v) is 13.9. The molecule has 1 saturated heterocycles. The molecule has 1 fully saturated rings. The number of carbonyl (C=O) groups is 1. The maximum absolute atomic E-state index is 11.7. The van der Waals surface area contributed by atoms with Gasteiger partial charge in [0.05, 0.1) is 22.8 Å². The van der Waals surface area contributed by atoms with Crippen LogP contribution >= 0.6 is 31.9 Å². The van der Waals surface area contributed by atoms with Crippen LogP contribution in [0.1, 0.15) is 18.4 Å². The van der Waals surface area contributed by atoms with Crippen LogP contribution < -0.4 is 5.43 Å². The van der Waals surface area contributed by atoms with Gasteiger partial charge in [-0.1, -0.05) is 0 Å². The quantitative estimate of drug-likeness (QED) is 0.598. The first-order valence-electron chi connectivity index (χ1n) is 6.29. The minimum absolute atomic E-state index is 0.0805. The van der Waals surface area contributed by atoms with Crippen molar-refractivity contribution >= 4 is 44.0 Å². The molecule has 0 aromatic heterocycles. The van der Waals surface area contributed by atoms with Gasteiger partial charge in [-0.15, -0.1) is 0 Å². The van der Waals surface area contributed by atoms with Crippen molar-refractivity contribution in [3.8, 4) is 5.75 Å². The fraction of sp³-hybridized carbons (Fsp3) is 0.385. The number of amides is 1. The lowest BCUT2D eigenvalue weighted by Gasteiger charge is -2.12. The average Bonchev–Trinajstić information content (AvgIpc) is 2.91. The first-order chi connectivity index (χ1) is 9.58. The zero-order valence-electron chi connectivity index (χ0n) is 10.8. The smallest absolute Gasteiger partial charge is 0.254 e. The molecule has 0 aliphatic carbocycles. The van der Waals surface area contributed by atoms with Gasteiger partial charge in [0.25, 0.3) is 5.91 Å². The second-order valence-electron chi connectivity index (χ2n) is 4.57. The number of nitrogens with one attached hydrogen (secondary N) is 1. The van der Waals surface area contributed by atoms with Crippen LogP contribution in [0.5, 0.6) is 5.75 Å². The lowest BCUT2D eigenvalue weighted by Crippen LogP contribution is -2.33. The molecule has 0 spiro atoms. The predicted octanol–water partition coefficient (Wildman–Crippen LogP) is 2.46. The lowest BCUT2D eigenvalue weighted by molar-refractivity contribution is -0.121. The first kappa shape index (κ1) is 15.5. The number of hydrazone groups is 1. The number of benzene rings is 1. The summed E-state index contributed by atoms with van der Waals surface area (Å²) in [6, 6.07) is 3.51. The third kappa shape index (κ3) is 4.04. The van der Waals surface area contributed by atoms with Crippen LogP contribution in [-0.4, -0.2) is 41.8 Å². The van der Waals surface area contributed by atoms with Crippen molar-refractivity contribution in [2.24, 2.45) is 5.10 Å². The van der Waals surface area contributed by atoms with Gasteiger partial charge in [0.15, 0.2) is 0 Å². The molecule has 0 bridgehead atoms. The second kappa shape index (κ2) is 7.19. The highest BCUT2D eigenvalue weighted by Crippen LogP contribution is 2.31. The van der Waals surface area contributed by atoms with E-state index in [1.54, 1.807) is 12.1 Å². The molecule has 1 amide bonds. The Labute approximate surface area is 134 Å². The van der Waals surface area contributed by atoms with E-state index in [1.165, 1.54) is 6.21 Å².